The van der Waals surface area contributed by atoms with Crippen LogP contribution in [0, 0.1) is 5.92 Å². The predicted octanol–water partition coefficient (Wildman–Crippen LogP) is 3.30. The van der Waals surface area contributed by atoms with Crippen molar-refractivity contribution in [2.75, 3.05) is 18.4 Å². The SMILES string of the molecule is CC(C)(C(=O)N1CCCC(C(=O)Nc2nccs2)C1)c1ccccc1. The lowest BCUT2D eigenvalue weighted by Gasteiger charge is -2.37. The Morgan fingerprint density at radius 3 is 2.72 bits per heavy atom. The van der Waals surface area contributed by atoms with Crippen LogP contribution >= 0.6 is 11.3 Å². The molecule has 0 spiro atoms. The molecule has 0 aliphatic carbocycles. The van der Waals surface area contributed by atoms with E-state index >= 15 is 0 Å². The summed E-state index contributed by atoms with van der Waals surface area (Å²) in [5.41, 5.74) is 0.393. The Bertz CT molecular complexity index is 728. The number of rotatable bonds is 4. The second-order valence-corrected chi connectivity index (χ2v) is 7.80. The second kappa shape index (κ2) is 7.35. The molecular weight excluding hydrogens is 334 g/mol. The van der Waals surface area contributed by atoms with Crippen molar-refractivity contribution in [1.82, 2.24) is 9.88 Å². The Kier molecular flexibility index (Phi) is 5.18. The van der Waals surface area contributed by atoms with Gasteiger partial charge in [-0.05, 0) is 32.3 Å². The minimum absolute atomic E-state index is 0.0510. The molecule has 1 aromatic heterocycles. The Hall–Kier alpha value is -2.21. The third-order valence-corrected chi connectivity index (χ3v) is 5.46. The third-order valence-electron chi connectivity index (χ3n) is 4.77. The molecule has 1 atom stereocenters. The van der Waals surface area contributed by atoms with Gasteiger partial charge in [-0.2, -0.15) is 0 Å². The summed E-state index contributed by atoms with van der Waals surface area (Å²) in [4.78, 5) is 31.5. The van der Waals surface area contributed by atoms with Crippen molar-refractivity contribution in [1.29, 1.82) is 0 Å². The van der Waals surface area contributed by atoms with E-state index in [1.165, 1.54) is 11.3 Å². The van der Waals surface area contributed by atoms with Crippen molar-refractivity contribution in [3.05, 3.63) is 47.5 Å². The van der Waals surface area contributed by atoms with Crippen LogP contribution in [0.5, 0.6) is 0 Å². The first-order valence-corrected chi connectivity index (χ1v) is 9.41. The first-order valence-electron chi connectivity index (χ1n) is 8.54. The summed E-state index contributed by atoms with van der Waals surface area (Å²) in [6, 6.07) is 9.81. The lowest BCUT2D eigenvalue weighted by Crippen LogP contribution is -2.49. The van der Waals surface area contributed by atoms with E-state index in [1.54, 1.807) is 6.20 Å². The van der Waals surface area contributed by atoms with Crippen LogP contribution < -0.4 is 5.32 Å². The Balaban J connectivity index is 1.68. The van der Waals surface area contributed by atoms with Crippen LogP contribution in [0.1, 0.15) is 32.3 Å². The molecule has 132 valence electrons. The molecule has 0 radical (unpaired) electrons. The van der Waals surface area contributed by atoms with Crippen LogP contribution in [0.4, 0.5) is 5.13 Å². The standard InChI is InChI=1S/C19H23N3O2S/c1-19(2,15-8-4-3-5-9-15)17(24)22-11-6-7-14(13-22)16(23)21-18-20-10-12-25-18/h3-5,8-10,12,14H,6-7,11,13H2,1-2H3,(H,20,21,23). The van der Waals surface area contributed by atoms with Crippen molar-refractivity contribution < 1.29 is 9.59 Å². The summed E-state index contributed by atoms with van der Waals surface area (Å²) >= 11 is 1.40. The third kappa shape index (κ3) is 3.90. The Morgan fingerprint density at radius 1 is 1.28 bits per heavy atom. The van der Waals surface area contributed by atoms with Crippen LogP contribution in [-0.2, 0) is 15.0 Å². The van der Waals surface area contributed by atoms with E-state index in [1.807, 2.05) is 54.5 Å². The normalized spacial score (nSPS) is 18.0. The maximum absolute atomic E-state index is 13.1. The average Bonchev–Trinajstić information content (AvgIpc) is 3.15. The number of thiazole rings is 1. The highest BCUT2D eigenvalue weighted by Gasteiger charge is 2.37. The molecule has 1 aliphatic heterocycles. The number of hydrogen-bond acceptors (Lipinski definition) is 4. The number of aromatic nitrogens is 1. The average molecular weight is 357 g/mol. The zero-order valence-electron chi connectivity index (χ0n) is 14.6. The van der Waals surface area contributed by atoms with E-state index in [-0.39, 0.29) is 17.7 Å². The predicted molar refractivity (Wildman–Crippen MR) is 99.5 cm³/mol. The molecule has 1 N–H and O–H groups in total. The molecule has 3 rings (SSSR count). The van der Waals surface area contributed by atoms with Crippen LogP contribution in [0.2, 0.25) is 0 Å². The highest BCUT2D eigenvalue weighted by Crippen LogP contribution is 2.28. The minimum Gasteiger partial charge on any atom is -0.341 e. The molecule has 1 aliphatic rings. The summed E-state index contributed by atoms with van der Waals surface area (Å²) in [5.74, 6) is -0.163. The molecular formula is C19H23N3O2S. The van der Waals surface area contributed by atoms with Crippen molar-refractivity contribution in [2.24, 2.45) is 5.92 Å². The number of anilines is 1. The summed E-state index contributed by atoms with van der Waals surface area (Å²) in [6.45, 7) is 5.07. The number of amides is 2. The van der Waals surface area contributed by atoms with Gasteiger partial charge < -0.3 is 10.2 Å². The van der Waals surface area contributed by atoms with E-state index < -0.39 is 5.41 Å². The fourth-order valence-electron chi connectivity index (χ4n) is 3.24. The molecule has 1 fully saturated rings. The largest absolute Gasteiger partial charge is 0.341 e. The fourth-order valence-corrected chi connectivity index (χ4v) is 3.77. The summed E-state index contributed by atoms with van der Waals surface area (Å²) < 4.78 is 0. The number of carbonyl (C=O) groups is 2. The number of likely N-dealkylation sites (tertiary alicyclic amines) is 1. The smallest absolute Gasteiger partial charge is 0.232 e. The van der Waals surface area contributed by atoms with Crippen LogP contribution in [0.15, 0.2) is 41.9 Å². The van der Waals surface area contributed by atoms with Crippen LogP contribution in [0.25, 0.3) is 0 Å². The van der Waals surface area contributed by atoms with Gasteiger partial charge in [0, 0.05) is 24.7 Å². The summed E-state index contributed by atoms with van der Waals surface area (Å²) in [5, 5.41) is 5.29. The maximum Gasteiger partial charge on any atom is 0.232 e. The molecule has 0 saturated carbocycles. The lowest BCUT2D eigenvalue weighted by molar-refractivity contribution is -0.139. The van der Waals surface area contributed by atoms with E-state index in [9.17, 15) is 9.59 Å². The van der Waals surface area contributed by atoms with Gasteiger partial charge in [-0.3, -0.25) is 9.59 Å². The molecule has 2 aromatic rings. The lowest BCUT2D eigenvalue weighted by atomic mass is 9.82. The molecule has 25 heavy (non-hydrogen) atoms. The zero-order valence-corrected chi connectivity index (χ0v) is 15.4. The minimum atomic E-state index is -0.602. The monoisotopic (exact) mass is 357 g/mol. The molecule has 0 bridgehead atoms. The molecule has 2 amide bonds. The molecule has 1 saturated heterocycles. The quantitative estimate of drug-likeness (QED) is 0.913. The van der Waals surface area contributed by atoms with Gasteiger partial charge in [0.15, 0.2) is 5.13 Å². The fraction of sp³-hybridized carbons (Fsp3) is 0.421. The molecule has 1 unspecified atom stereocenters. The van der Waals surface area contributed by atoms with Crippen molar-refractivity contribution in [3.8, 4) is 0 Å². The highest BCUT2D eigenvalue weighted by molar-refractivity contribution is 7.13. The first kappa shape index (κ1) is 17.6. The first-order chi connectivity index (χ1) is 12.0. The van der Waals surface area contributed by atoms with Gasteiger partial charge >= 0.3 is 0 Å². The van der Waals surface area contributed by atoms with Crippen molar-refractivity contribution in [2.45, 2.75) is 32.1 Å². The number of carbonyl (C=O) groups excluding carboxylic acids is 2. The molecule has 5 nitrogen and oxygen atoms in total. The van der Waals surface area contributed by atoms with E-state index in [0.29, 0.717) is 18.2 Å². The number of hydrogen-bond donors (Lipinski definition) is 1. The van der Waals surface area contributed by atoms with E-state index in [2.05, 4.69) is 10.3 Å². The van der Waals surface area contributed by atoms with E-state index in [0.717, 1.165) is 18.4 Å². The second-order valence-electron chi connectivity index (χ2n) is 6.91. The van der Waals surface area contributed by atoms with Crippen molar-refractivity contribution in [3.63, 3.8) is 0 Å². The number of nitrogens with one attached hydrogen (secondary N) is 1. The van der Waals surface area contributed by atoms with Gasteiger partial charge in [0.25, 0.3) is 0 Å². The number of benzene rings is 1. The van der Waals surface area contributed by atoms with Crippen LogP contribution in [0.3, 0.4) is 0 Å². The van der Waals surface area contributed by atoms with Crippen molar-refractivity contribution >= 4 is 28.3 Å². The Labute approximate surface area is 152 Å². The molecule has 1 aromatic carbocycles. The van der Waals surface area contributed by atoms with Crippen LogP contribution in [-0.4, -0.2) is 34.8 Å². The Morgan fingerprint density at radius 2 is 2.04 bits per heavy atom. The van der Waals surface area contributed by atoms with Gasteiger partial charge in [-0.25, -0.2) is 4.98 Å². The number of nitrogens with zero attached hydrogens (tertiary/aromatic N) is 2. The molecule has 2 heterocycles. The van der Waals surface area contributed by atoms with Gasteiger partial charge in [0.2, 0.25) is 11.8 Å². The van der Waals surface area contributed by atoms with E-state index in [4.69, 9.17) is 0 Å². The van der Waals surface area contributed by atoms with Gasteiger partial charge in [-0.15, -0.1) is 11.3 Å². The van der Waals surface area contributed by atoms with Gasteiger partial charge in [0.1, 0.15) is 0 Å². The van der Waals surface area contributed by atoms with Gasteiger partial charge in [0.05, 0.1) is 11.3 Å². The summed E-state index contributed by atoms with van der Waals surface area (Å²) in [6.07, 6.45) is 3.30. The number of piperidine rings is 1. The maximum atomic E-state index is 13.1. The topological polar surface area (TPSA) is 62.3 Å². The summed E-state index contributed by atoms with van der Waals surface area (Å²) in [7, 11) is 0. The van der Waals surface area contributed by atoms with Gasteiger partial charge in [-0.1, -0.05) is 30.3 Å². The zero-order chi connectivity index (χ0) is 17.9. The molecule has 6 heteroatoms. The highest BCUT2D eigenvalue weighted by atomic mass is 32.1.